The molecular weight excluding hydrogens is 510 g/mol. The number of hydrogen-bond acceptors (Lipinski definition) is 2. The number of aromatic nitrogens is 2. The number of benzene rings is 5. The molecule has 3 heteroatoms. The fraction of sp³-hybridized carbons (Fsp3) is 0.154. The smallest absolute Gasteiger partial charge is 0.137 e. The van der Waals surface area contributed by atoms with Gasteiger partial charge in [-0.2, -0.15) is 0 Å². The van der Waals surface area contributed by atoms with Crippen molar-refractivity contribution in [3.8, 4) is 5.69 Å². The van der Waals surface area contributed by atoms with E-state index in [9.17, 15) is 0 Å². The summed E-state index contributed by atoms with van der Waals surface area (Å²) in [6, 6.07) is 40.1. The molecule has 2 aromatic heterocycles. The molecule has 0 aliphatic carbocycles. The van der Waals surface area contributed by atoms with Gasteiger partial charge < -0.3 is 4.57 Å². The standard InChI is InChI=1S/C39H31N3/c1-38(2)30-14-9-13-28-29-22-27(23-33-36(29)42(35(28)30)37-31(38)15-10-16-32(37)39(33,3)4)41(34-17-7-8-20-40-34)26-19-18-24-11-5-6-12-25(24)21-26/h5-23H,1-4H3. The zero-order valence-electron chi connectivity index (χ0n) is 24.3. The summed E-state index contributed by atoms with van der Waals surface area (Å²) in [7, 11) is 0. The normalized spacial score (nSPS) is 15.5. The molecule has 202 valence electrons. The average molecular weight is 542 g/mol. The van der Waals surface area contributed by atoms with Crippen molar-refractivity contribution in [2.45, 2.75) is 38.5 Å². The minimum Gasteiger partial charge on any atom is -0.308 e. The largest absolute Gasteiger partial charge is 0.308 e. The average Bonchev–Trinajstić information content (AvgIpc) is 3.34. The molecule has 0 atom stereocenters. The van der Waals surface area contributed by atoms with Gasteiger partial charge in [-0.05, 0) is 69.4 Å². The Kier molecular flexibility index (Phi) is 4.47. The number of nitrogens with zero attached hydrogens (tertiary/aromatic N) is 3. The van der Waals surface area contributed by atoms with Crippen LogP contribution in [0.1, 0.15) is 49.9 Å². The first kappa shape index (κ1) is 23.8. The Morgan fingerprint density at radius 3 is 2.02 bits per heavy atom. The maximum absolute atomic E-state index is 4.86. The van der Waals surface area contributed by atoms with E-state index in [1.165, 1.54) is 60.5 Å². The Labute approximate surface area is 245 Å². The molecule has 7 aromatic rings. The molecule has 0 unspecified atom stereocenters. The van der Waals surface area contributed by atoms with Crippen molar-refractivity contribution >= 4 is 49.8 Å². The van der Waals surface area contributed by atoms with E-state index in [1.54, 1.807) is 0 Å². The van der Waals surface area contributed by atoms with E-state index >= 15 is 0 Å². The number of fused-ring (bicyclic) bond motifs is 2. The summed E-state index contributed by atoms with van der Waals surface area (Å²) in [6.07, 6.45) is 1.89. The zero-order valence-corrected chi connectivity index (χ0v) is 24.3. The molecule has 0 spiro atoms. The summed E-state index contributed by atoms with van der Waals surface area (Å²) in [4.78, 5) is 7.18. The molecule has 0 fully saturated rings. The highest BCUT2D eigenvalue weighted by Crippen LogP contribution is 2.56. The lowest BCUT2D eigenvalue weighted by Crippen LogP contribution is -2.33. The minimum absolute atomic E-state index is 0.0866. The zero-order chi connectivity index (χ0) is 28.4. The van der Waals surface area contributed by atoms with Crippen molar-refractivity contribution in [2.75, 3.05) is 4.90 Å². The second-order valence-corrected chi connectivity index (χ2v) is 12.9. The molecule has 0 amide bonds. The fourth-order valence-electron chi connectivity index (χ4n) is 7.81. The van der Waals surface area contributed by atoms with E-state index in [2.05, 4.69) is 140 Å². The molecule has 5 aromatic carbocycles. The van der Waals surface area contributed by atoms with E-state index in [0.29, 0.717) is 0 Å². The van der Waals surface area contributed by atoms with E-state index in [0.717, 1.165) is 17.2 Å². The number of hydrogen-bond donors (Lipinski definition) is 0. The predicted octanol–water partition coefficient (Wildman–Crippen LogP) is 10.1. The van der Waals surface area contributed by atoms with Gasteiger partial charge in [0, 0.05) is 39.2 Å². The lowest BCUT2D eigenvalue weighted by atomic mass is 9.68. The van der Waals surface area contributed by atoms with Crippen molar-refractivity contribution in [2.24, 2.45) is 0 Å². The number of pyridine rings is 1. The maximum atomic E-state index is 4.86. The molecule has 3 nitrogen and oxygen atoms in total. The van der Waals surface area contributed by atoms with Gasteiger partial charge in [0.15, 0.2) is 0 Å². The van der Waals surface area contributed by atoms with Crippen LogP contribution in [0.2, 0.25) is 0 Å². The first-order chi connectivity index (χ1) is 20.4. The van der Waals surface area contributed by atoms with Gasteiger partial charge in [0.25, 0.3) is 0 Å². The molecule has 4 heterocycles. The predicted molar refractivity (Wildman–Crippen MR) is 175 cm³/mol. The Hall–Kier alpha value is -4.89. The SMILES string of the molecule is CC1(C)c2cccc3c2-n2c4c1cccc4c1cc(N(c4ccc5ccccc5c4)c4ccccn4)cc(c12)C3(C)C. The lowest BCUT2D eigenvalue weighted by Gasteiger charge is -2.42. The topological polar surface area (TPSA) is 21.1 Å². The molecule has 0 bridgehead atoms. The van der Waals surface area contributed by atoms with Crippen molar-refractivity contribution in [1.29, 1.82) is 0 Å². The van der Waals surface area contributed by atoms with Crippen LogP contribution in [-0.2, 0) is 10.8 Å². The Morgan fingerprint density at radius 2 is 1.24 bits per heavy atom. The molecule has 0 saturated heterocycles. The Morgan fingerprint density at radius 1 is 0.548 bits per heavy atom. The van der Waals surface area contributed by atoms with Crippen LogP contribution in [0.25, 0.3) is 38.3 Å². The fourth-order valence-corrected chi connectivity index (χ4v) is 7.81. The second kappa shape index (κ2) is 7.89. The number of anilines is 3. The monoisotopic (exact) mass is 541 g/mol. The quantitative estimate of drug-likeness (QED) is 0.222. The summed E-state index contributed by atoms with van der Waals surface area (Å²) in [5, 5.41) is 5.07. The maximum Gasteiger partial charge on any atom is 0.137 e. The van der Waals surface area contributed by atoms with E-state index in [1.807, 2.05) is 12.3 Å². The molecule has 2 aliphatic heterocycles. The highest BCUT2D eigenvalue weighted by molar-refractivity contribution is 6.15. The van der Waals surface area contributed by atoms with Gasteiger partial charge in [-0.3, -0.25) is 4.90 Å². The van der Waals surface area contributed by atoms with Gasteiger partial charge in [0.05, 0.1) is 16.7 Å². The van der Waals surface area contributed by atoms with Crippen LogP contribution in [0.15, 0.2) is 115 Å². The highest BCUT2D eigenvalue weighted by Gasteiger charge is 2.43. The summed E-state index contributed by atoms with van der Waals surface area (Å²) in [6.45, 7) is 9.56. The molecule has 42 heavy (non-hydrogen) atoms. The Bertz CT molecular complexity index is 2250. The molecule has 0 radical (unpaired) electrons. The lowest BCUT2D eigenvalue weighted by molar-refractivity contribution is 0.593. The van der Waals surface area contributed by atoms with Crippen LogP contribution in [0.4, 0.5) is 17.2 Å². The van der Waals surface area contributed by atoms with Crippen LogP contribution < -0.4 is 4.90 Å². The molecule has 9 rings (SSSR count). The third kappa shape index (κ3) is 2.88. The molecular formula is C39H31N3. The van der Waals surface area contributed by atoms with Crippen LogP contribution in [0, 0.1) is 0 Å². The number of para-hydroxylation sites is 2. The van der Waals surface area contributed by atoms with Gasteiger partial charge in [-0.1, -0.05) is 100 Å². The van der Waals surface area contributed by atoms with E-state index in [4.69, 9.17) is 4.98 Å². The first-order valence-corrected chi connectivity index (χ1v) is 14.8. The van der Waals surface area contributed by atoms with E-state index < -0.39 is 0 Å². The van der Waals surface area contributed by atoms with Crippen LogP contribution in [0.5, 0.6) is 0 Å². The molecule has 0 saturated carbocycles. The van der Waals surface area contributed by atoms with Crippen molar-refractivity contribution in [1.82, 2.24) is 9.55 Å². The minimum atomic E-state index is -0.184. The van der Waals surface area contributed by atoms with Crippen LogP contribution >= 0.6 is 0 Å². The number of rotatable bonds is 3. The van der Waals surface area contributed by atoms with Crippen molar-refractivity contribution < 1.29 is 0 Å². The van der Waals surface area contributed by atoms with Gasteiger partial charge in [0.1, 0.15) is 5.82 Å². The van der Waals surface area contributed by atoms with Gasteiger partial charge in [-0.15, -0.1) is 0 Å². The third-order valence-electron chi connectivity index (χ3n) is 9.95. The summed E-state index contributed by atoms with van der Waals surface area (Å²) in [5.41, 5.74) is 11.6. The summed E-state index contributed by atoms with van der Waals surface area (Å²) in [5.74, 6) is 0.908. The van der Waals surface area contributed by atoms with Gasteiger partial charge in [0.2, 0.25) is 0 Å². The van der Waals surface area contributed by atoms with Crippen LogP contribution in [0.3, 0.4) is 0 Å². The second-order valence-electron chi connectivity index (χ2n) is 12.9. The third-order valence-corrected chi connectivity index (χ3v) is 9.95. The van der Waals surface area contributed by atoms with Gasteiger partial charge in [-0.25, -0.2) is 4.98 Å². The summed E-state index contributed by atoms with van der Waals surface area (Å²) >= 11 is 0. The van der Waals surface area contributed by atoms with Gasteiger partial charge >= 0.3 is 0 Å². The first-order valence-electron chi connectivity index (χ1n) is 14.8. The molecule has 0 N–H and O–H groups in total. The van der Waals surface area contributed by atoms with Crippen molar-refractivity contribution in [3.63, 3.8) is 0 Å². The highest BCUT2D eigenvalue weighted by atomic mass is 15.2. The summed E-state index contributed by atoms with van der Waals surface area (Å²) < 4.78 is 2.58. The van der Waals surface area contributed by atoms with E-state index in [-0.39, 0.29) is 10.8 Å². The van der Waals surface area contributed by atoms with Crippen LogP contribution in [-0.4, -0.2) is 9.55 Å². The van der Waals surface area contributed by atoms with Crippen molar-refractivity contribution in [3.05, 3.63) is 138 Å². The Balaban J connectivity index is 1.43. The molecule has 2 aliphatic rings.